The summed E-state index contributed by atoms with van der Waals surface area (Å²) in [6, 6.07) is 6.74. The van der Waals surface area contributed by atoms with Crippen molar-refractivity contribution in [3.63, 3.8) is 0 Å². The number of methoxy groups -OCH3 is 1. The Kier molecular flexibility index (Phi) is 7.44. The molecule has 0 bridgehead atoms. The average Bonchev–Trinajstić information content (AvgIpc) is 2.66. The first-order valence-corrected chi connectivity index (χ1v) is 8.85. The SMILES string of the molecule is COc1cccc(C(=O)NCC(=O)OCC(=O)NC2CCC(C)CC2)c1. The molecule has 142 valence electrons. The number of nitrogens with one attached hydrogen (secondary N) is 2. The monoisotopic (exact) mass is 362 g/mol. The molecular weight excluding hydrogens is 336 g/mol. The Morgan fingerprint density at radius 2 is 1.88 bits per heavy atom. The summed E-state index contributed by atoms with van der Waals surface area (Å²) >= 11 is 0. The molecule has 1 aliphatic rings. The summed E-state index contributed by atoms with van der Waals surface area (Å²) in [6.07, 6.45) is 4.11. The fourth-order valence-electron chi connectivity index (χ4n) is 2.89. The van der Waals surface area contributed by atoms with Gasteiger partial charge in [-0.25, -0.2) is 0 Å². The van der Waals surface area contributed by atoms with E-state index in [-0.39, 0.29) is 25.1 Å². The quantitative estimate of drug-likeness (QED) is 0.720. The van der Waals surface area contributed by atoms with Crippen LogP contribution in [0, 0.1) is 5.92 Å². The number of amides is 2. The third-order valence-corrected chi connectivity index (χ3v) is 4.47. The van der Waals surface area contributed by atoms with Crippen molar-refractivity contribution >= 4 is 17.8 Å². The van der Waals surface area contributed by atoms with E-state index >= 15 is 0 Å². The summed E-state index contributed by atoms with van der Waals surface area (Å²) in [4.78, 5) is 35.5. The lowest BCUT2D eigenvalue weighted by Crippen LogP contribution is -2.40. The molecule has 0 heterocycles. The minimum absolute atomic E-state index is 0.158. The number of rotatable bonds is 7. The van der Waals surface area contributed by atoms with E-state index in [1.165, 1.54) is 7.11 Å². The molecule has 1 fully saturated rings. The molecule has 2 amide bonds. The van der Waals surface area contributed by atoms with E-state index in [0.29, 0.717) is 17.2 Å². The van der Waals surface area contributed by atoms with Gasteiger partial charge in [-0.3, -0.25) is 14.4 Å². The van der Waals surface area contributed by atoms with Crippen molar-refractivity contribution in [1.29, 1.82) is 0 Å². The highest BCUT2D eigenvalue weighted by atomic mass is 16.5. The highest BCUT2D eigenvalue weighted by molar-refractivity contribution is 5.96. The Labute approximate surface area is 153 Å². The summed E-state index contributed by atoms with van der Waals surface area (Å²) in [5, 5.41) is 5.34. The number of esters is 1. The maximum Gasteiger partial charge on any atom is 0.325 e. The maximum absolute atomic E-state index is 12.0. The molecule has 0 aliphatic heterocycles. The molecule has 2 N–H and O–H groups in total. The number of carbonyl (C=O) groups is 3. The Hall–Kier alpha value is -2.57. The van der Waals surface area contributed by atoms with E-state index in [1.807, 2.05) is 0 Å². The van der Waals surface area contributed by atoms with Gasteiger partial charge in [-0.2, -0.15) is 0 Å². The van der Waals surface area contributed by atoms with Crippen molar-refractivity contribution in [3.05, 3.63) is 29.8 Å². The highest BCUT2D eigenvalue weighted by Gasteiger charge is 2.20. The lowest BCUT2D eigenvalue weighted by Gasteiger charge is -2.26. The van der Waals surface area contributed by atoms with Crippen LogP contribution < -0.4 is 15.4 Å². The van der Waals surface area contributed by atoms with Crippen LogP contribution >= 0.6 is 0 Å². The van der Waals surface area contributed by atoms with E-state index in [9.17, 15) is 14.4 Å². The number of hydrogen-bond donors (Lipinski definition) is 2. The second kappa shape index (κ2) is 9.79. The molecule has 0 radical (unpaired) electrons. The standard InChI is InChI=1S/C19H26N2O5/c1-13-6-8-15(9-7-13)21-17(22)12-26-18(23)11-20-19(24)14-4-3-5-16(10-14)25-2/h3-5,10,13,15H,6-9,11-12H2,1-2H3,(H,20,24)(H,21,22). The van der Waals surface area contributed by atoms with Crippen LogP contribution in [0.1, 0.15) is 43.0 Å². The van der Waals surface area contributed by atoms with E-state index in [4.69, 9.17) is 9.47 Å². The van der Waals surface area contributed by atoms with E-state index in [2.05, 4.69) is 17.6 Å². The first-order chi connectivity index (χ1) is 12.5. The van der Waals surface area contributed by atoms with Crippen LogP contribution in [0.2, 0.25) is 0 Å². The lowest BCUT2D eigenvalue weighted by atomic mass is 9.87. The van der Waals surface area contributed by atoms with Gasteiger partial charge in [0, 0.05) is 11.6 Å². The highest BCUT2D eigenvalue weighted by Crippen LogP contribution is 2.23. The molecule has 1 aromatic carbocycles. The minimum atomic E-state index is -0.659. The van der Waals surface area contributed by atoms with Gasteiger partial charge in [-0.05, 0) is 49.8 Å². The normalized spacial score (nSPS) is 19.3. The minimum Gasteiger partial charge on any atom is -0.497 e. The Morgan fingerprint density at radius 1 is 1.15 bits per heavy atom. The summed E-state index contributed by atoms with van der Waals surface area (Å²) in [5.74, 6) is -0.129. The lowest BCUT2D eigenvalue weighted by molar-refractivity contribution is -0.147. The zero-order valence-corrected chi connectivity index (χ0v) is 15.2. The summed E-state index contributed by atoms with van der Waals surface area (Å²) < 4.78 is 9.95. The number of hydrogen-bond acceptors (Lipinski definition) is 5. The maximum atomic E-state index is 12.0. The third-order valence-electron chi connectivity index (χ3n) is 4.47. The fraction of sp³-hybridized carbons (Fsp3) is 0.526. The topological polar surface area (TPSA) is 93.7 Å². The van der Waals surface area contributed by atoms with Crippen LogP contribution in [0.5, 0.6) is 5.75 Å². The van der Waals surface area contributed by atoms with E-state index in [0.717, 1.165) is 25.7 Å². The van der Waals surface area contributed by atoms with Gasteiger partial charge < -0.3 is 20.1 Å². The van der Waals surface area contributed by atoms with E-state index in [1.54, 1.807) is 24.3 Å². The molecule has 0 aromatic heterocycles. The number of benzene rings is 1. The van der Waals surface area contributed by atoms with Gasteiger partial charge in [0.25, 0.3) is 11.8 Å². The van der Waals surface area contributed by atoms with Gasteiger partial charge in [0.1, 0.15) is 12.3 Å². The Balaban J connectivity index is 1.66. The second-order valence-corrected chi connectivity index (χ2v) is 6.60. The molecule has 0 unspecified atom stereocenters. The summed E-state index contributed by atoms with van der Waals surface area (Å²) in [5.41, 5.74) is 0.376. The molecule has 0 saturated heterocycles. The zero-order chi connectivity index (χ0) is 18.9. The van der Waals surface area contributed by atoms with Gasteiger partial charge >= 0.3 is 5.97 Å². The first-order valence-electron chi connectivity index (χ1n) is 8.85. The molecular formula is C19H26N2O5. The van der Waals surface area contributed by atoms with Crippen LogP contribution in [-0.2, 0) is 14.3 Å². The smallest absolute Gasteiger partial charge is 0.325 e. The second-order valence-electron chi connectivity index (χ2n) is 6.60. The molecule has 1 saturated carbocycles. The van der Waals surface area contributed by atoms with E-state index < -0.39 is 11.9 Å². The van der Waals surface area contributed by atoms with Crippen LogP contribution in [0.25, 0.3) is 0 Å². The van der Waals surface area contributed by atoms with Gasteiger partial charge in [-0.1, -0.05) is 13.0 Å². The molecule has 7 nitrogen and oxygen atoms in total. The fourth-order valence-corrected chi connectivity index (χ4v) is 2.89. The molecule has 26 heavy (non-hydrogen) atoms. The van der Waals surface area contributed by atoms with Crippen LogP contribution in [0.3, 0.4) is 0 Å². The van der Waals surface area contributed by atoms with Crippen molar-refractivity contribution < 1.29 is 23.9 Å². The molecule has 7 heteroatoms. The third kappa shape index (κ3) is 6.38. The zero-order valence-electron chi connectivity index (χ0n) is 15.2. The first kappa shape index (κ1) is 19.8. The van der Waals surface area contributed by atoms with Gasteiger partial charge in [0.05, 0.1) is 7.11 Å². The molecule has 2 rings (SSSR count). The van der Waals surface area contributed by atoms with Crippen LogP contribution in [0.15, 0.2) is 24.3 Å². The molecule has 0 spiro atoms. The summed E-state index contributed by atoms with van der Waals surface area (Å²) in [7, 11) is 1.51. The van der Waals surface area contributed by atoms with Crippen LogP contribution in [-0.4, -0.2) is 44.1 Å². The average molecular weight is 362 g/mol. The van der Waals surface area contributed by atoms with Gasteiger partial charge in [0.2, 0.25) is 0 Å². The Morgan fingerprint density at radius 3 is 2.58 bits per heavy atom. The molecule has 1 aliphatic carbocycles. The molecule has 1 aromatic rings. The van der Waals surface area contributed by atoms with Crippen molar-refractivity contribution in [1.82, 2.24) is 10.6 Å². The summed E-state index contributed by atoms with van der Waals surface area (Å²) in [6.45, 7) is 1.57. The predicted molar refractivity (Wildman–Crippen MR) is 95.8 cm³/mol. The van der Waals surface area contributed by atoms with Crippen molar-refractivity contribution in [2.75, 3.05) is 20.3 Å². The largest absolute Gasteiger partial charge is 0.497 e. The predicted octanol–water partition coefficient (Wildman–Crippen LogP) is 1.66. The van der Waals surface area contributed by atoms with Crippen molar-refractivity contribution in [2.45, 2.75) is 38.6 Å². The molecule has 0 atom stereocenters. The number of ether oxygens (including phenoxy) is 2. The van der Waals surface area contributed by atoms with Gasteiger partial charge in [-0.15, -0.1) is 0 Å². The Bertz CT molecular complexity index is 639. The van der Waals surface area contributed by atoms with Gasteiger partial charge in [0.15, 0.2) is 6.61 Å². The number of carbonyl (C=O) groups excluding carboxylic acids is 3. The van der Waals surface area contributed by atoms with Crippen molar-refractivity contribution in [3.8, 4) is 5.75 Å². The van der Waals surface area contributed by atoms with Crippen LogP contribution in [0.4, 0.5) is 0 Å². The van der Waals surface area contributed by atoms with Crippen molar-refractivity contribution in [2.24, 2.45) is 5.92 Å².